The number of hydrogen-bond acceptors (Lipinski definition) is 5. The van der Waals surface area contributed by atoms with E-state index in [9.17, 15) is 18.0 Å². The Bertz CT molecular complexity index is 556. The molecule has 1 fully saturated rings. The van der Waals surface area contributed by atoms with Crippen LogP contribution >= 0.6 is 0 Å². The Balaban J connectivity index is 2.39. The monoisotopic (exact) mass is 291 g/mol. The Morgan fingerprint density at radius 2 is 2.26 bits per heavy atom. The van der Waals surface area contributed by atoms with Crippen molar-refractivity contribution in [1.29, 1.82) is 0 Å². The van der Waals surface area contributed by atoms with Crippen molar-refractivity contribution in [3.05, 3.63) is 11.6 Å². The van der Waals surface area contributed by atoms with Crippen molar-refractivity contribution in [2.45, 2.75) is 25.4 Å². The third kappa shape index (κ3) is 2.41. The van der Waals surface area contributed by atoms with Gasteiger partial charge in [-0.3, -0.25) is 9.35 Å². The summed E-state index contributed by atoms with van der Waals surface area (Å²) in [5.74, 6) is -0.762. The summed E-state index contributed by atoms with van der Waals surface area (Å²) in [5.41, 5.74) is 5.30. The molecule has 3 N–H and O–H groups in total. The van der Waals surface area contributed by atoms with E-state index in [1.807, 2.05) is 0 Å². The van der Waals surface area contributed by atoms with Gasteiger partial charge in [0.25, 0.3) is 0 Å². The number of fused-ring (bicyclic) bond motifs is 2. The molecule has 1 saturated heterocycles. The average Bonchev–Trinajstić information content (AvgIpc) is 2.54. The predicted molar refractivity (Wildman–Crippen MR) is 61.7 cm³/mol. The third-order valence-corrected chi connectivity index (χ3v) is 3.44. The minimum absolute atomic E-state index is 0.0850. The fourth-order valence-corrected chi connectivity index (χ4v) is 2.65. The normalized spacial score (nSPS) is 26.6. The maximum absolute atomic E-state index is 12.0. The molecule has 0 aliphatic carbocycles. The number of amides is 3. The van der Waals surface area contributed by atoms with Gasteiger partial charge in [0.05, 0.1) is 12.6 Å². The van der Waals surface area contributed by atoms with Crippen LogP contribution in [0.1, 0.15) is 13.3 Å². The summed E-state index contributed by atoms with van der Waals surface area (Å²) >= 11 is 0. The number of rotatable bonds is 4. The van der Waals surface area contributed by atoms with E-state index in [0.717, 1.165) is 0 Å². The quantitative estimate of drug-likeness (QED) is 0.641. The lowest BCUT2D eigenvalue weighted by molar-refractivity contribution is -0.116. The highest BCUT2D eigenvalue weighted by atomic mass is 32.3. The molecule has 2 aliphatic rings. The average molecular weight is 291 g/mol. The van der Waals surface area contributed by atoms with Gasteiger partial charge in [-0.05, 0) is 6.42 Å². The van der Waals surface area contributed by atoms with Gasteiger partial charge in [-0.15, -0.1) is 4.28 Å². The van der Waals surface area contributed by atoms with E-state index in [4.69, 9.17) is 10.3 Å². The number of carbonyl (C=O) groups excluding carboxylic acids is 2. The van der Waals surface area contributed by atoms with Gasteiger partial charge in [0.1, 0.15) is 6.04 Å². The SMILES string of the molecule is CC[C@@H]1C=C(C(N)=O)[C@@H]2CN1C(=O)N2OS(=O)(=O)O. The fourth-order valence-electron chi connectivity index (χ4n) is 2.28. The summed E-state index contributed by atoms with van der Waals surface area (Å²) in [6, 6.07) is -2.03. The lowest BCUT2D eigenvalue weighted by atomic mass is 9.98. The van der Waals surface area contributed by atoms with Crippen LogP contribution in [0.15, 0.2) is 11.6 Å². The summed E-state index contributed by atoms with van der Waals surface area (Å²) in [4.78, 5) is 24.7. The number of carbonyl (C=O) groups is 2. The highest BCUT2D eigenvalue weighted by molar-refractivity contribution is 7.80. The molecule has 2 atom stereocenters. The zero-order valence-electron chi connectivity index (χ0n) is 10.0. The standard InChI is InChI=1S/C9H13N3O6S/c1-2-5-3-6(8(10)13)7-4-11(5)9(14)12(7)18-19(15,16)17/h3,5,7H,2,4H2,1H3,(H2,10,13)(H,15,16,17)/t5-,7+/m1/s1. The summed E-state index contributed by atoms with van der Waals surface area (Å²) in [6.07, 6.45) is 2.05. The van der Waals surface area contributed by atoms with Crippen molar-refractivity contribution in [3.8, 4) is 0 Å². The largest absolute Gasteiger partial charge is 0.418 e. The zero-order chi connectivity index (χ0) is 14.4. The summed E-state index contributed by atoms with van der Waals surface area (Å²) in [5, 5.41) is 0.460. The smallest absolute Gasteiger partial charge is 0.366 e. The molecule has 19 heavy (non-hydrogen) atoms. The van der Waals surface area contributed by atoms with Crippen molar-refractivity contribution < 1.29 is 26.8 Å². The maximum Gasteiger partial charge on any atom is 0.418 e. The third-order valence-electron chi connectivity index (χ3n) is 3.10. The van der Waals surface area contributed by atoms with Crippen LogP contribution in [-0.4, -0.2) is 53.5 Å². The predicted octanol–water partition coefficient (Wildman–Crippen LogP) is -0.969. The number of urea groups is 1. The molecule has 9 nitrogen and oxygen atoms in total. The van der Waals surface area contributed by atoms with E-state index < -0.39 is 28.4 Å². The van der Waals surface area contributed by atoms with Crippen LogP contribution < -0.4 is 5.73 Å². The molecule has 0 saturated carbocycles. The first kappa shape index (κ1) is 13.8. The Morgan fingerprint density at radius 3 is 2.74 bits per heavy atom. The highest BCUT2D eigenvalue weighted by Gasteiger charge is 2.49. The number of hydroxylamine groups is 2. The van der Waals surface area contributed by atoms with Crippen LogP contribution in [-0.2, 0) is 19.5 Å². The number of hydrogen-bond donors (Lipinski definition) is 2. The lowest BCUT2D eigenvalue weighted by Crippen LogP contribution is -2.41. The van der Waals surface area contributed by atoms with Crippen molar-refractivity contribution in [3.63, 3.8) is 0 Å². The van der Waals surface area contributed by atoms with E-state index >= 15 is 0 Å². The van der Waals surface area contributed by atoms with E-state index in [2.05, 4.69) is 4.28 Å². The summed E-state index contributed by atoms with van der Waals surface area (Å²) in [6.45, 7) is 1.89. The molecule has 0 aromatic rings. The Hall–Kier alpha value is -1.65. The van der Waals surface area contributed by atoms with Crippen molar-refractivity contribution in [1.82, 2.24) is 9.96 Å². The summed E-state index contributed by atoms with van der Waals surface area (Å²) < 4.78 is 34.4. The molecule has 0 unspecified atom stereocenters. The molecule has 0 aromatic heterocycles. The number of primary amides is 1. The Labute approximate surface area is 109 Å². The molecule has 2 aliphatic heterocycles. The van der Waals surface area contributed by atoms with Gasteiger partial charge in [-0.25, -0.2) is 4.79 Å². The molecule has 0 aromatic carbocycles. The van der Waals surface area contributed by atoms with Crippen molar-refractivity contribution >= 4 is 22.3 Å². The first-order valence-electron chi connectivity index (χ1n) is 5.53. The van der Waals surface area contributed by atoms with Crippen LogP contribution in [0.4, 0.5) is 4.79 Å². The minimum atomic E-state index is -4.85. The molecular weight excluding hydrogens is 278 g/mol. The second-order valence-corrected chi connectivity index (χ2v) is 5.25. The van der Waals surface area contributed by atoms with E-state index in [0.29, 0.717) is 11.5 Å². The fraction of sp³-hybridized carbons (Fsp3) is 0.556. The molecule has 2 bridgehead atoms. The van der Waals surface area contributed by atoms with Gasteiger partial charge >= 0.3 is 16.4 Å². The Morgan fingerprint density at radius 1 is 1.63 bits per heavy atom. The first-order valence-corrected chi connectivity index (χ1v) is 6.89. The minimum Gasteiger partial charge on any atom is -0.366 e. The Kier molecular flexibility index (Phi) is 3.24. The highest BCUT2D eigenvalue weighted by Crippen LogP contribution is 2.31. The second kappa shape index (κ2) is 4.47. The van der Waals surface area contributed by atoms with Crippen molar-refractivity contribution in [2.75, 3.05) is 6.54 Å². The van der Waals surface area contributed by atoms with Crippen LogP contribution in [0.5, 0.6) is 0 Å². The molecule has 3 amide bonds. The lowest BCUT2D eigenvalue weighted by Gasteiger charge is -2.27. The van der Waals surface area contributed by atoms with E-state index in [-0.39, 0.29) is 18.2 Å². The van der Waals surface area contributed by atoms with E-state index in [1.54, 1.807) is 6.92 Å². The van der Waals surface area contributed by atoms with Crippen LogP contribution in [0.2, 0.25) is 0 Å². The molecule has 2 rings (SSSR count). The zero-order valence-corrected chi connectivity index (χ0v) is 10.8. The van der Waals surface area contributed by atoms with Crippen molar-refractivity contribution in [2.24, 2.45) is 5.73 Å². The van der Waals surface area contributed by atoms with E-state index in [1.165, 1.54) is 11.0 Å². The van der Waals surface area contributed by atoms with Gasteiger partial charge in [0.15, 0.2) is 0 Å². The molecule has 106 valence electrons. The van der Waals surface area contributed by atoms with Crippen LogP contribution in [0.3, 0.4) is 0 Å². The number of nitrogens with two attached hydrogens (primary N) is 1. The molecular formula is C9H13N3O6S. The summed E-state index contributed by atoms with van der Waals surface area (Å²) in [7, 11) is -4.85. The van der Waals surface area contributed by atoms with Gasteiger partial charge < -0.3 is 10.6 Å². The molecule has 10 heteroatoms. The van der Waals surface area contributed by atoms with Gasteiger partial charge in [0.2, 0.25) is 5.91 Å². The molecule has 0 radical (unpaired) electrons. The van der Waals surface area contributed by atoms with Crippen LogP contribution in [0, 0.1) is 0 Å². The van der Waals surface area contributed by atoms with Crippen LogP contribution in [0.25, 0.3) is 0 Å². The van der Waals surface area contributed by atoms with Gasteiger partial charge in [-0.2, -0.15) is 13.5 Å². The topological polar surface area (TPSA) is 130 Å². The van der Waals surface area contributed by atoms with Gasteiger partial charge in [-0.1, -0.05) is 13.0 Å². The van der Waals surface area contributed by atoms with Gasteiger partial charge in [0, 0.05) is 5.57 Å². The number of nitrogens with zero attached hydrogens (tertiary/aromatic N) is 2. The first-order chi connectivity index (χ1) is 8.74. The molecule has 0 spiro atoms. The molecule has 2 heterocycles. The maximum atomic E-state index is 12.0. The second-order valence-electron chi connectivity index (χ2n) is 4.24.